The zero-order chi connectivity index (χ0) is 23.0. The third-order valence-corrected chi connectivity index (χ3v) is 6.71. The normalized spacial score (nSPS) is 11.4. The summed E-state index contributed by atoms with van der Waals surface area (Å²) in [7, 11) is -0.347. The van der Waals surface area contributed by atoms with Crippen LogP contribution in [0.25, 0.3) is 22.3 Å². The van der Waals surface area contributed by atoms with E-state index in [9.17, 15) is 8.78 Å². The van der Waals surface area contributed by atoms with Gasteiger partial charge in [-0.15, -0.1) is 0 Å². The summed E-state index contributed by atoms with van der Waals surface area (Å²) in [5.41, 5.74) is 5.25. The number of fused-ring (bicyclic) bond motifs is 1. The maximum atomic E-state index is 14.9. The Morgan fingerprint density at radius 1 is 1.03 bits per heavy atom. The van der Waals surface area contributed by atoms with E-state index < -0.39 is 5.82 Å². The van der Waals surface area contributed by atoms with Gasteiger partial charge in [-0.05, 0) is 62.6 Å². The quantitative estimate of drug-likeness (QED) is 0.352. The summed E-state index contributed by atoms with van der Waals surface area (Å²) in [4.78, 5) is 13.4. The molecule has 0 fully saturated rings. The Bertz CT molecular complexity index is 1290. The number of pyridine rings is 3. The van der Waals surface area contributed by atoms with Crippen molar-refractivity contribution in [3.05, 3.63) is 76.1 Å². The molecular weight excluding hydrogens is 449 g/mol. The van der Waals surface area contributed by atoms with Gasteiger partial charge >= 0.3 is 0 Å². The predicted octanol–water partition coefficient (Wildman–Crippen LogP) is 6.22. The second-order valence-corrected chi connectivity index (χ2v) is 10.5. The number of nitrogens with zero attached hydrogens (tertiary/aromatic N) is 3. The van der Waals surface area contributed by atoms with Crippen LogP contribution in [-0.4, -0.2) is 28.3 Å². The van der Waals surface area contributed by atoms with Gasteiger partial charge in [0.05, 0.1) is 27.4 Å². The molecule has 0 saturated heterocycles. The molecule has 3 aromatic heterocycles. The van der Waals surface area contributed by atoms with E-state index in [1.165, 1.54) is 18.2 Å². The fourth-order valence-electron chi connectivity index (χ4n) is 3.52. The highest BCUT2D eigenvalue weighted by Gasteiger charge is 2.17. The first kappa shape index (κ1) is 22.5. The van der Waals surface area contributed by atoms with Crippen LogP contribution in [-0.2, 0) is 6.54 Å². The second-order valence-electron chi connectivity index (χ2n) is 7.86. The maximum absolute atomic E-state index is 14.9. The molecule has 0 aliphatic carbocycles. The summed E-state index contributed by atoms with van der Waals surface area (Å²) in [6.07, 6.45) is 1.64. The lowest BCUT2D eigenvalue weighted by Crippen LogP contribution is -2.06. The highest BCUT2D eigenvalue weighted by Crippen LogP contribution is 2.34. The van der Waals surface area contributed by atoms with Crippen LogP contribution < -0.4 is 10.8 Å². The van der Waals surface area contributed by atoms with E-state index in [2.05, 4.69) is 33.6 Å². The van der Waals surface area contributed by atoms with Crippen LogP contribution in [0.2, 0.25) is 5.02 Å². The van der Waals surface area contributed by atoms with Gasteiger partial charge in [0.15, 0.2) is 5.82 Å². The zero-order valence-corrected chi connectivity index (χ0v) is 19.8. The summed E-state index contributed by atoms with van der Waals surface area (Å²) < 4.78 is 28.7. The molecule has 0 bridgehead atoms. The van der Waals surface area contributed by atoms with Crippen LogP contribution in [0.1, 0.15) is 16.8 Å². The number of rotatable bonds is 5. The van der Waals surface area contributed by atoms with Crippen molar-refractivity contribution in [3.63, 3.8) is 0 Å². The Balaban J connectivity index is 1.79. The molecule has 0 aliphatic rings. The van der Waals surface area contributed by atoms with Crippen molar-refractivity contribution in [1.82, 2.24) is 15.0 Å². The molecule has 32 heavy (non-hydrogen) atoms. The molecule has 4 rings (SSSR count). The second kappa shape index (κ2) is 9.05. The average Bonchev–Trinajstić information content (AvgIpc) is 2.73. The molecule has 164 valence electrons. The van der Waals surface area contributed by atoms with Gasteiger partial charge in [-0.1, -0.05) is 25.6 Å². The lowest BCUT2D eigenvalue weighted by Gasteiger charge is -2.15. The van der Waals surface area contributed by atoms with Gasteiger partial charge in [0.25, 0.3) is 0 Å². The van der Waals surface area contributed by atoms with E-state index >= 15 is 0 Å². The number of nitrogens with one attached hydrogen (secondary N) is 1. The SMILES string of the molecule is Cc1cc(F)cc(CNc2c(Cl)c(C)nc3cc(F)c(-c4ccc(P(C)C)nc4)nc23)c1. The molecule has 4 nitrogen and oxygen atoms in total. The standard InChI is InChI=1S/C24H22ClF2N4P/c1-13-7-15(9-17(26)8-13)11-29-24-21(25)14(2)30-19-10-18(27)22(31-23(19)24)16-5-6-20(28-12-16)32(3)4/h5-10,12H,11H2,1-4H3,(H,29,30). The van der Waals surface area contributed by atoms with Crippen LogP contribution in [0, 0.1) is 25.5 Å². The molecule has 0 amide bonds. The van der Waals surface area contributed by atoms with Gasteiger partial charge in [0.1, 0.15) is 17.0 Å². The molecule has 0 atom stereocenters. The van der Waals surface area contributed by atoms with Crippen LogP contribution in [0.5, 0.6) is 0 Å². The van der Waals surface area contributed by atoms with Crippen molar-refractivity contribution >= 4 is 41.7 Å². The molecule has 1 N–H and O–H groups in total. The molecule has 0 saturated carbocycles. The van der Waals surface area contributed by atoms with Crippen molar-refractivity contribution in [1.29, 1.82) is 0 Å². The van der Waals surface area contributed by atoms with Crippen molar-refractivity contribution in [2.45, 2.75) is 20.4 Å². The number of halogens is 3. The van der Waals surface area contributed by atoms with Crippen molar-refractivity contribution < 1.29 is 8.78 Å². The first-order valence-corrected chi connectivity index (χ1v) is 12.6. The summed E-state index contributed by atoms with van der Waals surface area (Å²) in [6, 6.07) is 9.91. The summed E-state index contributed by atoms with van der Waals surface area (Å²) in [5.74, 6) is -0.784. The fourth-order valence-corrected chi connectivity index (χ4v) is 4.38. The zero-order valence-electron chi connectivity index (χ0n) is 18.2. The average molecular weight is 471 g/mol. The maximum Gasteiger partial charge on any atom is 0.151 e. The molecule has 0 unspecified atom stereocenters. The van der Waals surface area contributed by atoms with E-state index in [1.54, 1.807) is 13.1 Å². The topological polar surface area (TPSA) is 50.7 Å². The van der Waals surface area contributed by atoms with E-state index in [4.69, 9.17) is 11.6 Å². The fraction of sp³-hybridized carbons (Fsp3) is 0.208. The molecule has 3 heterocycles. The van der Waals surface area contributed by atoms with Crippen LogP contribution in [0.15, 0.2) is 42.6 Å². The largest absolute Gasteiger partial charge is 0.378 e. The summed E-state index contributed by atoms with van der Waals surface area (Å²) in [5, 5.41) is 3.65. The molecule has 0 spiro atoms. The minimum absolute atomic E-state index is 0.180. The van der Waals surface area contributed by atoms with Gasteiger partial charge in [0, 0.05) is 24.4 Å². The van der Waals surface area contributed by atoms with Gasteiger partial charge in [-0.25, -0.2) is 18.7 Å². The minimum Gasteiger partial charge on any atom is -0.378 e. The number of aromatic nitrogens is 3. The van der Waals surface area contributed by atoms with E-state index in [-0.39, 0.29) is 19.4 Å². The van der Waals surface area contributed by atoms with Crippen molar-refractivity contribution in [2.24, 2.45) is 0 Å². The number of aryl methyl sites for hydroxylation is 2. The molecule has 4 aromatic rings. The van der Waals surface area contributed by atoms with Crippen molar-refractivity contribution in [3.8, 4) is 11.3 Å². The predicted molar refractivity (Wildman–Crippen MR) is 129 cm³/mol. The molecule has 0 aliphatic heterocycles. The van der Waals surface area contributed by atoms with E-state index in [0.717, 1.165) is 16.6 Å². The Morgan fingerprint density at radius 2 is 1.81 bits per heavy atom. The molecular formula is C24H22ClF2N4P. The van der Waals surface area contributed by atoms with Gasteiger partial charge in [0.2, 0.25) is 0 Å². The van der Waals surface area contributed by atoms with Gasteiger partial charge in [-0.3, -0.25) is 4.98 Å². The Kier molecular flexibility index (Phi) is 6.36. The highest BCUT2D eigenvalue weighted by atomic mass is 35.5. The van der Waals surface area contributed by atoms with Crippen LogP contribution >= 0.6 is 19.5 Å². The lowest BCUT2D eigenvalue weighted by molar-refractivity contribution is 0.624. The van der Waals surface area contributed by atoms with E-state index in [0.29, 0.717) is 39.5 Å². The Hall–Kier alpha value is -2.69. The number of benzene rings is 1. The van der Waals surface area contributed by atoms with Gasteiger partial charge in [-0.2, -0.15) is 0 Å². The number of hydrogen-bond acceptors (Lipinski definition) is 4. The first-order valence-electron chi connectivity index (χ1n) is 10.0. The number of hydrogen-bond donors (Lipinski definition) is 1. The molecule has 1 aromatic carbocycles. The Morgan fingerprint density at radius 3 is 2.47 bits per heavy atom. The molecule has 8 heteroatoms. The highest BCUT2D eigenvalue weighted by molar-refractivity contribution is 7.63. The van der Waals surface area contributed by atoms with E-state index in [1.807, 2.05) is 25.1 Å². The third-order valence-electron chi connectivity index (χ3n) is 5.07. The van der Waals surface area contributed by atoms with Crippen molar-refractivity contribution in [2.75, 3.05) is 18.6 Å². The van der Waals surface area contributed by atoms with Crippen LogP contribution in [0.3, 0.4) is 0 Å². The van der Waals surface area contributed by atoms with Crippen LogP contribution in [0.4, 0.5) is 14.5 Å². The molecule has 0 radical (unpaired) electrons. The first-order chi connectivity index (χ1) is 15.2. The lowest BCUT2D eigenvalue weighted by atomic mass is 10.1. The summed E-state index contributed by atoms with van der Waals surface area (Å²) in [6.45, 7) is 8.14. The Labute approximate surface area is 191 Å². The smallest absolute Gasteiger partial charge is 0.151 e. The van der Waals surface area contributed by atoms with Gasteiger partial charge < -0.3 is 5.32 Å². The third kappa shape index (κ3) is 4.57. The number of anilines is 1. The minimum atomic E-state index is -0.483. The summed E-state index contributed by atoms with van der Waals surface area (Å²) >= 11 is 6.55. The monoisotopic (exact) mass is 470 g/mol.